The van der Waals surface area contributed by atoms with Gasteiger partial charge >= 0.3 is 5.97 Å². The molecule has 0 fully saturated rings. The molecule has 0 spiro atoms. The van der Waals surface area contributed by atoms with Gasteiger partial charge in [0.15, 0.2) is 5.69 Å². The third kappa shape index (κ3) is 2.56. The van der Waals surface area contributed by atoms with Crippen molar-refractivity contribution < 1.29 is 14.6 Å². The van der Waals surface area contributed by atoms with E-state index in [1.807, 2.05) is 12.3 Å². The maximum Gasteiger partial charge on any atom is 0.361 e. The zero-order chi connectivity index (χ0) is 15.5. The van der Waals surface area contributed by atoms with Crippen LogP contribution in [0.15, 0.2) is 30.7 Å². The molecule has 0 amide bonds. The Labute approximate surface area is 125 Å². The first-order chi connectivity index (χ1) is 10.7. The first-order valence-electron chi connectivity index (χ1n) is 6.89. The molecule has 8 nitrogen and oxygen atoms in total. The minimum absolute atomic E-state index is 0.0339. The van der Waals surface area contributed by atoms with E-state index >= 15 is 0 Å². The van der Waals surface area contributed by atoms with E-state index < -0.39 is 5.97 Å². The lowest BCUT2D eigenvalue weighted by Crippen LogP contribution is -2.05. The standard InChI is InChI=1S/C14H15N5O3/c1-2-22-14(21)13-12-4-3-10(9-19(12)17-16-13)11-7-15-18(8-11)5-6-20/h3-4,7-9,20H,2,5-6H2,1H3. The van der Waals surface area contributed by atoms with Gasteiger partial charge in [0.05, 0.1) is 26.0 Å². The minimum atomic E-state index is -0.485. The average molecular weight is 301 g/mol. The maximum absolute atomic E-state index is 11.8. The molecular weight excluding hydrogens is 286 g/mol. The van der Waals surface area contributed by atoms with Gasteiger partial charge < -0.3 is 9.84 Å². The first kappa shape index (κ1) is 14.2. The number of hydrogen-bond donors (Lipinski definition) is 1. The molecule has 1 N–H and O–H groups in total. The lowest BCUT2D eigenvalue weighted by molar-refractivity contribution is 0.0521. The second-order valence-electron chi connectivity index (χ2n) is 4.62. The largest absolute Gasteiger partial charge is 0.461 e. The predicted molar refractivity (Wildman–Crippen MR) is 77.3 cm³/mol. The van der Waals surface area contributed by atoms with Gasteiger partial charge in [-0.3, -0.25) is 4.68 Å². The van der Waals surface area contributed by atoms with Crippen LogP contribution >= 0.6 is 0 Å². The lowest BCUT2D eigenvalue weighted by atomic mass is 10.1. The van der Waals surface area contributed by atoms with Crippen molar-refractivity contribution in [1.29, 1.82) is 0 Å². The van der Waals surface area contributed by atoms with Crippen molar-refractivity contribution in [2.45, 2.75) is 13.5 Å². The molecule has 0 aliphatic rings. The molecule has 22 heavy (non-hydrogen) atoms. The average Bonchev–Trinajstić information content (AvgIpc) is 3.13. The number of pyridine rings is 1. The maximum atomic E-state index is 11.8. The van der Waals surface area contributed by atoms with E-state index in [1.165, 1.54) is 4.52 Å². The van der Waals surface area contributed by atoms with E-state index in [1.54, 1.807) is 30.1 Å². The second kappa shape index (κ2) is 5.94. The molecule has 8 heteroatoms. The molecule has 0 aromatic carbocycles. The van der Waals surface area contributed by atoms with E-state index in [0.717, 1.165) is 11.1 Å². The summed E-state index contributed by atoms with van der Waals surface area (Å²) in [5, 5.41) is 20.9. The number of rotatable bonds is 5. The van der Waals surface area contributed by atoms with Gasteiger partial charge in [0.25, 0.3) is 0 Å². The Bertz CT molecular complexity index is 808. The first-order valence-corrected chi connectivity index (χ1v) is 6.89. The molecule has 0 saturated heterocycles. The van der Waals surface area contributed by atoms with Crippen LogP contribution in [-0.2, 0) is 11.3 Å². The van der Waals surface area contributed by atoms with Crippen molar-refractivity contribution >= 4 is 11.5 Å². The predicted octanol–water partition coefficient (Wildman–Crippen LogP) is 0.762. The van der Waals surface area contributed by atoms with Crippen molar-refractivity contribution in [3.63, 3.8) is 0 Å². The van der Waals surface area contributed by atoms with Gasteiger partial charge in [0.1, 0.15) is 5.52 Å². The highest BCUT2D eigenvalue weighted by atomic mass is 16.5. The Morgan fingerprint density at radius 3 is 2.95 bits per heavy atom. The van der Waals surface area contributed by atoms with Crippen molar-refractivity contribution in [2.24, 2.45) is 0 Å². The molecule has 0 atom stereocenters. The van der Waals surface area contributed by atoms with Crippen molar-refractivity contribution in [1.82, 2.24) is 24.6 Å². The fraction of sp³-hybridized carbons (Fsp3) is 0.286. The highest BCUT2D eigenvalue weighted by molar-refractivity contribution is 5.94. The van der Waals surface area contributed by atoms with E-state index in [4.69, 9.17) is 9.84 Å². The summed E-state index contributed by atoms with van der Waals surface area (Å²) >= 11 is 0. The Balaban J connectivity index is 1.94. The fourth-order valence-corrected chi connectivity index (χ4v) is 2.15. The van der Waals surface area contributed by atoms with Gasteiger partial charge in [-0.05, 0) is 13.0 Å². The molecule has 3 aromatic heterocycles. The summed E-state index contributed by atoms with van der Waals surface area (Å²) in [6.07, 6.45) is 5.31. The molecule has 3 rings (SSSR count). The quantitative estimate of drug-likeness (QED) is 0.699. The molecular formula is C14H15N5O3. The van der Waals surface area contributed by atoms with Crippen molar-refractivity contribution in [2.75, 3.05) is 13.2 Å². The summed E-state index contributed by atoms with van der Waals surface area (Å²) in [5.41, 5.74) is 2.56. The molecule has 0 aliphatic heterocycles. The lowest BCUT2D eigenvalue weighted by Gasteiger charge is -2.00. The number of aromatic nitrogens is 5. The van der Waals surface area contributed by atoms with Crippen LogP contribution < -0.4 is 0 Å². The number of carbonyl (C=O) groups excluding carboxylic acids is 1. The van der Waals surface area contributed by atoms with Crippen molar-refractivity contribution in [3.8, 4) is 11.1 Å². The Hall–Kier alpha value is -2.74. The summed E-state index contributed by atoms with van der Waals surface area (Å²) in [6.45, 7) is 2.51. The van der Waals surface area contributed by atoms with E-state index in [9.17, 15) is 4.79 Å². The Kier molecular flexibility index (Phi) is 3.84. The molecule has 114 valence electrons. The molecule has 3 heterocycles. The van der Waals surface area contributed by atoms with Gasteiger partial charge in [0, 0.05) is 23.5 Å². The van der Waals surface area contributed by atoms with Crippen LogP contribution in [0, 0.1) is 0 Å². The van der Waals surface area contributed by atoms with Crippen LogP contribution in [0.25, 0.3) is 16.6 Å². The number of aliphatic hydroxyl groups is 1. The summed E-state index contributed by atoms with van der Waals surface area (Å²) in [7, 11) is 0. The highest BCUT2D eigenvalue weighted by Gasteiger charge is 2.16. The molecule has 3 aromatic rings. The second-order valence-corrected chi connectivity index (χ2v) is 4.62. The van der Waals surface area contributed by atoms with E-state index in [0.29, 0.717) is 18.7 Å². The summed E-state index contributed by atoms with van der Waals surface area (Å²) in [5.74, 6) is -0.485. The normalized spacial score (nSPS) is 11.0. The fourth-order valence-electron chi connectivity index (χ4n) is 2.15. The molecule has 0 radical (unpaired) electrons. The van der Waals surface area contributed by atoms with Crippen molar-refractivity contribution in [3.05, 3.63) is 36.4 Å². The Morgan fingerprint density at radius 2 is 2.18 bits per heavy atom. The van der Waals surface area contributed by atoms with Gasteiger partial charge in [-0.25, -0.2) is 9.31 Å². The number of hydrogen-bond acceptors (Lipinski definition) is 6. The van der Waals surface area contributed by atoms with Crippen LogP contribution in [0.3, 0.4) is 0 Å². The van der Waals surface area contributed by atoms with Crippen LogP contribution in [0.2, 0.25) is 0 Å². The van der Waals surface area contributed by atoms with Crippen LogP contribution in [0.4, 0.5) is 0 Å². The Morgan fingerprint density at radius 1 is 1.32 bits per heavy atom. The SMILES string of the molecule is CCOC(=O)c1nnn2cc(-c3cnn(CCO)c3)ccc12. The number of aliphatic hydroxyl groups excluding tert-OH is 1. The van der Waals surface area contributed by atoms with Crippen LogP contribution in [0.5, 0.6) is 0 Å². The number of nitrogens with zero attached hydrogens (tertiary/aromatic N) is 5. The monoisotopic (exact) mass is 301 g/mol. The summed E-state index contributed by atoms with van der Waals surface area (Å²) in [4.78, 5) is 11.8. The number of carbonyl (C=O) groups is 1. The zero-order valence-corrected chi connectivity index (χ0v) is 12.0. The molecule has 0 unspecified atom stereocenters. The topological polar surface area (TPSA) is 94.5 Å². The minimum Gasteiger partial charge on any atom is -0.461 e. The number of fused-ring (bicyclic) bond motifs is 1. The third-order valence-electron chi connectivity index (χ3n) is 3.18. The molecule has 0 aliphatic carbocycles. The van der Waals surface area contributed by atoms with Crippen LogP contribution in [-0.4, -0.2) is 48.9 Å². The van der Waals surface area contributed by atoms with E-state index in [-0.39, 0.29) is 12.3 Å². The zero-order valence-electron chi connectivity index (χ0n) is 12.0. The van der Waals surface area contributed by atoms with E-state index in [2.05, 4.69) is 15.4 Å². The number of esters is 1. The summed E-state index contributed by atoms with van der Waals surface area (Å²) < 4.78 is 8.14. The van der Waals surface area contributed by atoms with Gasteiger partial charge in [-0.2, -0.15) is 5.10 Å². The van der Waals surface area contributed by atoms with Gasteiger partial charge in [-0.1, -0.05) is 11.3 Å². The van der Waals surface area contributed by atoms with Gasteiger partial charge in [-0.15, -0.1) is 5.10 Å². The van der Waals surface area contributed by atoms with Gasteiger partial charge in [0.2, 0.25) is 0 Å². The highest BCUT2D eigenvalue weighted by Crippen LogP contribution is 2.20. The third-order valence-corrected chi connectivity index (χ3v) is 3.18. The molecule has 0 saturated carbocycles. The molecule has 0 bridgehead atoms. The van der Waals surface area contributed by atoms with Crippen LogP contribution in [0.1, 0.15) is 17.4 Å². The number of ether oxygens (including phenoxy) is 1. The smallest absolute Gasteiger partial charge is 0.361 e. The summed E-state index contributed by atoms with van der Waals surface area (Å²) in [6, 6.07) is 3.63.